The number of hydrogen-bond donors (Lipinski definition) is 2. The normalized spacial score (nSPS) is 14.3. The van der Waals surface area contributed by atoms with Gasteiger partial charge in [0.2, 0.25) is 0 Å². The molecule has 2 N–H and O–H groups in total. The highest BCUT2D eigenvalue weighted by atomic mass is 16.5. The molecule has 0 amide bonds. The zero-order chi connectivity index (χ0) is 14.4. The van der Waals surface area contributed by atoms with Crippen molar-refractivity contribution in [3.05, 3.63) is 23.8 Å². The fourth-order valence-corrected chi connectivity index (χ4v) is 2.28. The number of aliphatic hydroxyl groups is 2. The monoisotopic (exact) mass is 268 g/mol. The smallest absolute Gasteiger partial charge is 0.128 e. The van der Waals surface area contributed by atoms with Crippen molar-refractivity contribution in [2.24, 2.45) is 5.92 Å². The van der Waals surface area contributed by atoms with Crippen molar-refractivity contribution in [1.82, 2.24) is 0 Å². The first-order valence-corrected chi connectivity index (χ1v) is 6.67. The molecule has 0 aliphatic heterocycles. The first-order valence-electron chi connectivity index (χ1n) is 6.67. The molecule has 0 aliphatic carbocycles. The van der Waals surface area contributed by atoms with Crippen LogP contribution in [0.4, 0.5) is 0 Å². The average molecular weight is 268 g/mol. The van der Waals surface area contributed by atoms with Gasteiger partial charge in [-0.25, -0.2) is 0 Å². The number of benzene rings is 1. The standard InChI is InChI=1S/C15H24O4/c1-5-10(6-2)14(16)15(17)12-8-7-11(18-3)9-13(12)19-4/h7-10,14-17H,5-6H2,1-4H3. The third-order valence-corrected chi connectivity index (χ3v) is 3.61. The van der Waals surface area contributed by atoms with Gasteiger partial charge in [-0.3, -0.25) is 0 Å². The number of ether oxygens (including phenoxy) is 2. The molecule has 1 aromatic rings. The summed E-state index contributed by atoms with van der Waals surface area (Å²) in [4.78, 5) is 0. The van der Waals surface area contributed by atoms with Gasteiger partial charge < -0.3 is 19.7 Å². The van der Waals surface area contributed by atoms with Gasteiger partial charge in [0.05, 0.1) is 20.3 Å². The molecule has 0 heterocycles. The minimum atomic E-state index is -0.953. The minimum absolute atomic E-state index is 0.0711. The van der Waals surface area contributed by atoms with Crippen molar-refractivity contribution in [1.29, 1.82) is 0 Å². The van der Waals surface area contributed by atoms with Gasteiger partial charge in [-0.1, -0.05) is 26.7 Å². The summed E-state index contributed by atoms with van der Waals surface area (Å²) in [6.07, 6.45) is -0.0940. The van der Waals surface area contributed by atoms with E-state index in [0.29, 0.717) is 17.1 Å². The zero-order valence-electron chi connectivity index (χ0n) is 12.1. The van der Waals surface area contributed by atoms with Gasteiger partial charge in [0.1, 0.15) is 17.6 Å². The summed E-state index contributed by atoms with van der Waals surface area (Å²) in [6.45, 7) is 4.02. The second-order valence-electron chi connectivity index (χ2n) is 4.62. The Kier molecular flexibility index (Phi) is 6.12. The molecule has 0 radical (unpaired) electrons. The minimum Gasteiger partial charge on any atom is -0.497 e. The molecule has 0 aromatic heterocycles. The van der Waals surface area contributed by atoms with Crippen LogP contribution in [-0.4, -0.2) is 30.5 Å². The summed E-state index contributed by atoms with van der Waals surface area (Å²) in [6, 6.07) is 5.19. The molecular formula is C15H24O4. The van der Waals surface area contributed by atoms with E-state index in [1.807, 2.05) is 13.8 Å². The second kappa shape index (κ2) is 7.36. The Labute approximate surface area is 115 Å². The van der Waals surface area contributed by atoms with Crippen molar-refractivity contribution >= 4 is 0 Å². The highest BCUT2D eigenvalue weighted by molar-refractivity contribution is 5.42. The lowest BCUT2D eigenvalue weighted by molar-refractivity contribution is -0.0219. The van der Waals surface area contributed by atoms with Crippen LogP contribution < -0.4 is 9.47 Å². The van der Waals surface area contributed by atoms with Crippen molar-refractivity contribution in [2.75, 3.05) is 14.2 Å². The van der Waals surface area contributed by atoms with E-state index >= 15 is 0 Å². The summed E-state index contributed by atoms with van der Waals surface area (Å²) in [5, 5.41) is 20.6. The van der Waals surface area contributed by atoms with E-state index in [2.05, 4.69) is 0 Å². The Hall–Kier alpha value is -1.26. The fraction of sp³-hybridized carbons (Fsp3) is 0.600. The average Bonchev–Trinajstić information content (AvgIpc) is 2.46. The van der Waals surface area contributed by atoms with Crippen molar-refractivity contribution in [3.63, 3.8) is 0 Å². The largest absolute Gasteiger partial charge is 0.497 e. The van der Waals surface area contributed by atoms with Gasteiger partial charge in [-0.15, -0.1) is 0 Å². The SMILES string of the molecule is CCC(CC)C(O)C(O)c1ccc(OC)cc1OC. The van der Waals surface area contributed by atoms with E-state index in [1.165, 1.54) is 7.11 Å². The number of rotatable bonds is 7. The lowest BCUT2D eigenvalue weighted by Crippen LogP contribution is -2.27. The fourth-order valence-electron chi connectivity index (χ4n) is 2.28. The van der Waals surface area contributed by atoms with E-state index in [9.17, 15) is 10.2 Å². The molecule has 1 aromatic carbocycles. The molecule has 0 bridgehead atoms. The molecule has 4 heteroatoms. The molecule has 1 rings (SSSR count). The van der Waals surface area contributed by atoms with Crippen LogP contribution in [0.3, 0.4) is 0 Å². The lowest BCUT2D eigenvalue weighted by Gasteiger charge is -2.26. The molecule has 2 atom stereocenters. The molecule has 0 fully saturated rings. The van der Waals surface area contributed by atoms with Crippen LogP contribution in [0, 0.1) is 5.92 Å². The second-order valence-corrected chi connectivity index (χ2v) is 4.62. The van der Waals surface area contributed by atoms with Gasteiger partial charge in [-0.2, -0.15) is 0 Å². The molecule has 0 spiro atoms. The Morgan fingerprint density at radius 3 is 2.16 bits per heavy atom. The van der Waals surface area contributed by atoms with Crippen LogP contribution in [0.25, 0.3) is 0 Å². The Morgan fingerprint density at radius 1 is 1.05 bits per heavy atom. The summed E-state index contributed by atoms with van der Waals surface area (Å²) < 4.78 is 10.4. The topological polar surface area (TPSA) is 58.9 Å². The van der Waals surface area contributed by atoms with Crippen LogP contribution in [-0.2, 0) is 0 Å². The van der Waals surface area contributed by atoms with Gasteiger partial charge in [0.25, 0.3) is 0 Å². The molecule has 0 saturated heterocycles. The van der Waals surface area contributed by atoms with Crippen LogP contribution in [0.1, 0.15) is 38.4 Å². The highest BCUT2D eigenvalue weighted by Crippen LogP contribution is 2.34. The maximum Gasteiger partial charge on any atom is 0.128 e. The molecule has 19 heavy (non-hydrogen) atoms. The molecule has 4 nitrogen and oxygen atoms in total. The van der Waals surface area contributed by atoms with Crippen LogP contribution in [0.2, 0.25) is 0 Å². The zero-order valence-corrected chi connectivity index (χ0v) is 12.1. The van der Waals surface area contributed by atoms with E-state index < -0.39 is 12.2 Å². The molecule has 0 saturated carbocycles. The molecule has 108 valence electrons. The third kappa shape index (κ3) is 3.61. The molecular weight excluding hydrogens is 244 g/mol. The number of hydrogen-bond acceptors (Lipinski definition) is 4. The van der Waals surface area contributed by atoms with Crippen LogP contribution in [0.5, 0.6) is 11.5 Å². The quantitative estimate of drug-likeness (QED) is 0.798. The molecule has 2 unspecified atom stereocenters. The lowest BCUT2D eigenvalue weighted by atomic mass is 9.89. The number of aliphatic hydroxyl groups excluding tert-OH is 2. The van der Waals surface area contributed by atoms with Gasteiger partial charge >= 0.3 is 0 Å². The first kappa shape index (κ1) is 15.8. The summed E-state index contributed by atoms with van der Waals surface area (Å²) in [7, 11) is 3.11. The van der Waals surface area contributed by atoms with Crippen molar-refractivity contribution in [3.8, 4) is 11.5 Å². The van der Waals surface area contributed by atoms with Crippen LogP contribution in [0.15, 0.2) is 18.2 Å². The predicted octanol–water partition coefficient (Wildman–Crippen LogP) is 2.53. The maximum atomic E-state index is 10.3. The van der Waals surface area contributed by atoms with E-state index in [-0.39, 0.29) is 5.92 Å². The van der Waals surface area contributed by atoms with Crippen molar-refractivity contribution < 1.29 is 19.7 Å². The summed E-state index contributed by atoms with van der Waals surface area (Å²) in [5.74, 6) is 1.25. The number of methoxy groups -OCH3 is 2. The van der Waals surface area contributed by atoms with Crippen LogP contribution >= 0.6 is 0 Å². The Balaban J connectivity index is 3.01. The first-order chi connectivity index (χ1) is 9.08. The van der Waals surface area contributed by atoms with E-state index in [1.54, 1.807) is 25.3 Å². The Bertz CT molecular complexity index is 388. The van der Waals surface area contributed by atoms with Gasteiger partial charge in [0, 0.05) is 11.6 Å². The van der Waals surface area contributed by atoms with Gasteiger partial charge in [0.15, 0.2) is 0 Å². The molecule has 0 aliphatic rings. The third-order valence-electron chi connectivity index (χ3n) is 3.61. The summed E-state index contributed by atoms with van der Waals surface area (Å²) >= 11 is 0. The van der Waals surface area contributed by atoms with E-state index in [0.717, 1.165) is 12.8 Å². The Morgan fingerprint density at radius 2 is 1.68 bits per heavy atom. The van der Waals surface area contributed by atoms with Crippen molar-refractivity contribution in [2.45, 2.75) is 38.9 Å². The highest BCUT2D eigenvalue weighted by Gasteiger charge is 2.27. The predicted molar refractivity (Wildman–Crippen MR) is 74.6 cm³/mol. The van der Waals surface area contributed by atoms with E-state index in [4.69, 9.17) is 9.47 Å². The summed E-state index contributed by atoms with van der Waals surface area (Å²) in [5.41, 5.74) is 0.586. The van der Waals surface area contributed by atoms with Gasteiger partial charge in [-0.05, 0) is 18.1 Å². The maximum absolute atomic E-state index is 10.3.